The molecule has 1 aromatic carbocycles. The maximum atomic E-state index is 11.0. The predicted octanol–water partition coefficient (Wildman–Crippen LogP) is 0.896. The molecule has 1 heterocycles. The molecule has 0 atom stereocenters. The van der Waals surface area contributed by atoms with E-state index in [1.165, 1.54) is 5.56 Å². The highest BCUT2D eigenvalue weighted by Gasteiger charge is 2.38. The normalized spacial score (nSPS) is 24.3. The average molecular weight is 267 g/mol. The second-order valence-electron chi connectivity index (χ2n) is 5.50. The van der Waals surface area contributed by atoms with Crippen LogP contribution in [0.25, 0.3) is 0 Å². The highest BCUT2D eigenvalue weighted by molar-refractivity contribution is 7.92. The number of hydrogen-bond acceptors (Lipinski definition) is 4. The van der Waals surface area contributed by atoms with Crippen LogP contribution in [0.15, 0.2) is 24.3 Å². The van der Waals surface area contributed by atoms with E-state index in [0.717, 1.165) is 25.0 Å². The summed E-state index contributed by atoms with van der Waals surface area (Å²) < 4.78 is 27.6. The summed E-state index contributed by atoms with van der Waals surface area (Å²) in [5.74, 6) is 1.02. The number of hydrogen-bond donors (Lipinski definition) is 1. The van der Waals surface area contributed by atoms with Gasteiger partial charge in [-0.15, -0.1) is 0 Å². The van der Waals surface area contributed by atoms with Gasteiger partial charge in [0.05, 0.1) is 11.5 Å². The van der Waals surface area contributed by atoms with Crippen molar-refractivity contribution in [1.29, 1.82) is 0 Å². The van der Waals surface area contributed by atoms with Crippen LogP contribution in [0, 0.1) is 0 Å². The SMILES string of the molecule is NC1(Cc2ccc(OC3CS(=O)(=O)C3)cc2)CC1. The van der Waals surface area contributed by atoms with Crippen LogP contribution in [-0.4, -0.2) is 31.6 Å². The van der Waals surface area contributed by atoms with Crippen LogP contribution in [0.2, 0.25) is 0 Å². The van der Waals surface area contributed by atoms with E-state index >= 15 is 0 Å². The Morgan fingerprint density at radius 1 is 1.22 bits per heavy atom. The smallest absolute Gasteiger partial charge is 0.157 e. The van der Waals surface area contributed by atoms with Gasteiger partial charge in [0.15, 0.2) is 9.84 Å². The van der Waals surface area contributed by atoms with E-state index < -0.39 is 9.84 Å². The van der Waals surface area contributed by atoms with Gasteiger partial charge in [0.1, 0.15) is 11.9 Å². The first kappa shape index (κ1) is 12.0. The van der Waals surface area contributed by atoms with Crippen molar-refractivity contribution >= 4 is 9.84 Å². The Morgan fingerprint density at radius 3 is 2.33 bits per heavy atom. The van der Waals surface area contributed by atoms with Crippen LogP contribution in [-0.2, 0) is 16.3 Å². The molecule has 0 radical (unpaired) electrons. The van der Waals surface area contributed by atoms with E-state index in [0.29, 0.717) is 0 Å². The maximum absolute atomic E-state index is 11.0. The number of benzene rings is 1. The summed E-state index contributed by atoms with van der Waals surface area (Å²) in [4.78, 5) is 0. The van der Waals surface area contributed by atoms with Crippen LogP contribution in [0.1, 0.15) is 18.4 Å². The summed E-state index contributed by atoms with van der Waals surface area (Å²) in [6, 6.07) is 7.81. The van der Waals surface area contributed by atoms with Crippen molar-refractivity contribution in [3.05, 3.63) is 29.8 Å². The minimum atomic E-state index is -2.82. The van der Waals surface area contributed by atoms with Gasteiger partial charge < -0.3 is 10.5 Å². The fourth-order valence-corrected chi connectivity index (χ4v) is 3.38. The highest BCUT2D eigenvalue weighted by Crippen LogP contribution is 2.35. The highest BCUT2D eigenvalue weighted by atomic mass is 32.2. The summed E-state index contributed by atoms with van der Waals surface area (Å²) in [7, 11) is -2.82. The molecule has 1 saturated heterocycles. The zero-order valence-corrected chi connectivity index (χ0v) is 10.9. The zero-order valence-electron chi connectivity index (χ0n) is 10.1. The Hall–Kier alpha value is -1.07. The lowest BCUT2D eigenvalue weighted by molar-refractivity contribution is 0.230. The Labute approximate surface area is 107 Å². The summed E-state index contributed by atoms with van der Waals surface area (Å²) in [5.41, 5.74) is 7.29. The van der Waals surface area contributed by atoms with Crippen LogP contribution in [0.5, 0.6) is 5.75 Å². The van der Waals surface area contributed by atoms with Gasteiger partial charge in [-0.1, -0.05) is 12.1 Å². The summed E-state index contributed by atoms with van der Waals surface area (Å²) in [6.45, 7) is 0. The number of ether oxygens (including phenoxy) is 1. The van der Waals surface area contributed by atoms with E-state index in [-0.39, 0.29) is 23.1 Å². The molecule has 2 fully saturated rings. The lowest BCUT2D eigenvalue weighted by atomic mass is 10.1. The van der Waals surface area contributed by atoms with E-state index in [4.69, 9.17) is 10.5 Å². The first-order valence-electron chi connectivity index (χ1n) is 6.19. The van der Waals surface area contributed by atoms with Crippen molar-refractivity contribution in [2.75, 3.05) is 11.5 Å². The molecule has 1 saturated carbocycles. The zero-order chi connectivity index (χ0) is 12.8. The number of sulfone groups is 1. The Kier molecular flexibility index (Phi) is 2.64. The first-order chi connectivity index (χ1) is 8.44. The fraction of sp³-hybridized carbons (Fsp3) is 0.538. The number of nitrogens with two attached hydrogens (primary N) is 1. The molecule has 5 heteroatoms. The average Bonchev–Trinajstić information content (AvgIpc) is 2.97. The molecular weight excluding hydrogens is 250 g/mol. The molecule has 3 rings (SSSR count). The van der Waals surface area contributed by atoms with Crippen molar-refractivity contribution in [3.63, 3.8) is 0 Å². The molecule has 0 unspecified atom stereocenters. The van der Waals surface area contributed by atoms with Crippen LogP contribution < -0.4 is 10.5 Å². The molecule has 1 aromatic rings. The molecule has 1 aliphatic heterocycles. The minimum absolute atomic E-state index is 0.0183. The second-order valence-corrected chi connectivity index (χ2v) is 7.65. The van der Waals surface area contributed by atoms with E-state index in [1.54, 1.807) is 0 Å². The van der Waals surface area contributed by atoms with Crippen molar-refractivity contribution in [2.45, 2.75) is 30.9 Å². The molecule has 98 valence electrons. The molecular formula is C13H17NO3S. The number of rotatable bonds is 4. The van der Waals surface area contributed by atoms with Gasteiger partial charge in [0.25, 0.3) is 0 Å². The van der Waals surface area contributed by atoms with Crippen molar-refractivity contribution in [2.24, 2.45) is 5.73 Å². The van der Waals surface area contributed by atoms with Gasteiger partial charge >= 0.3 is 0 Å². The summed E-state index contributed by atoms with van der Waals surface area (Å²) in [5, 5.41) is 0. The largest absolute Gasteiger partial charge is 0.488 e. The third-order valence-electron chi connectivity index (χ3n) is 3.55. The van der Waals surface area contributed by atoms with Gasteiger partial charge in [-0.05, 0) is 37.0 Å². The topological polar surface area (TPSA) is 69.4 Å². The quantitative estimate of drug-likeness (QED) is 0.880. The van der Waals surface area contributed by atoms with Gasteiger partial charge in [0.2, 0.25) is 0 Å². The maximum Gasteiger partial charge on any atom is 0.157 e. The summed E-state index contributed by atoms with van der Waals surface area (Å²) in [6.07, 6.45) is 2.94. The second kappa shape index (κ2) is 3.96. The standard InChI is InChI=1S/C13H17NO3S/c14-13(5-6-13)7-10-1-3-11(4-2-10)17-12-8-18(15,16)9-12/h1-4,12H,5-9,14H2. The van der Waals surface area contributed by atoms with Crippen molar-refractivity contribution in [3.8, 4) is 5.75 Å². The minimum Gasteiger partial charge on any atom is -0.488 e. The van der Waals surface area contributed by atoms with Gasteiger partial charge in [-0.3, -0.25) is 0 Å². The Morgan fingerprint density at radius 2 is 1.83 bits per heavy atom. The predicted molar refractivity (Wildman–Crippen MR) is 69.4 cm³/mol. The lowest BCUT2D eigenvalue weighted by Crippen LogP contribution is -2.45. The van der Waals surface area contributed by atoms with Crippen LogP contribution >= 0.6 is 0 Å². The van der Waals surface area contributed by atoms with Crippen molar-refractivity contribution < 1.29 is 13.2 Å². The molecule has 0 spiro atoms. The molecule has 0 amide bonds. The van der Waals surface area contributed by atoms with E-state index in [1.807, 2.05) is 24.3 Å². The van der Waals surface area contributed by atoms with Crippen LogP contribution in [0.4, 0.5) is 0 Å². The van der Waals surface area contributed by atoms with Gasteiger partial charge in [-0.2, -0.15) is 0 Å². The Balaban J connectivity index is 1.58. The third kappa shape index (κ3) is 2.67. The third-order valence-corrected chi connectivity index (χ3v) is 5.31. The fourth-order valence-electron chi connectivity index (χ4n) is 2.21. The van der Waals surface area contributed by atoms with Gasteiger partial charge in [0, 0.05) is 5.54 Å². The summed E-state index contributed by atoms with van der Waals surface area (Å²) >= 11 is 0. The van der Waals surface area contributed by atoms with E-state index in [2.05, 4.69) is 0 Å². The molecule has 2 N–H and O–H groups in total. The van der Waals surface area contributed by atoms with E-state index in [9.17, 15) is 8.42 Å². The van der Waals surface area contributed by atoms with Gasteiger partial charge in [-0.25, -0.2) is 8.42 Å². The van der Waals surface area contributed by atoms with Crippen molar-refractivity contribution in [1.82, 2.24) is 0 Å². The molecule has 0 aromatic heterocycles. The molecule has 2 aliphatic rings. The first-order valence-corrected chi connectivity index (χ1v) is 8.01. The molecule has 0 bridgehead atoms. The lowest BCUT2D eigenvalue weighted by Gasteiger charge is -2.26. The molecule has 18 heavy (non-hydrogen) atoms. The molecule has 4 nitrogen and oxygen atoms in total. The Bertz CT molecular complexity index is 534. The monoisotopic (exact) mass is 267 g/mol. The molecule has 1 aliphatic carbocycles. The van der Waals surface area contributed by atoms with Crippen LogP contribution in [0.3, 0.4) is 0 Å².